The summed E-state index contributed by atoms with van der Waals surface area (Å²) < 4.78 is 5.56. The van der Waals surface area contributed by atoms with E-state index in [-0.39, 0.29) is 0 Å². The average molecular weight is 256 g/mol. The Morgan fingerprint density at radius 1 is 1.16 bits per heavy atom. The summed E-state index contributed by atoms with van der Waals surface area (Å²) in [6.45, 7) is 3.77. The third-order valence-electron chi connectivity index (χ3n) is 3.94. The van der Waals surface area contributed by atoms with Gasteiger partial charge in [-0.2, -0.15) is 0 Å². The normalized spacial score (nSPS) is 16.5. The van der Waals surface area contributed by atoms with Gasteiger partial charge >= 0.3 is 0 Å². The minimum absolute atomic E-state index is 0.315. The molecule has 0 aliphatic heterocycles. The van der Waals surface area contributed by atoms with Gasteiger partial charge in [0.1, 0.15) is 11.5 Å². The number of nitrogens with two attached hydrogens (primary N) is 1. The lowest BCUT2D eigenvalue weighted by Gasteiger charge is -2.16. The minimum atomic E-state index is 0.315. The largest absolute Gasteiger partial charge is 0.465 e. The molecule has 0 atom stereocenters. The molecule has 1 aliphatic carbocycles. The van der Waals surface area contributed by atoms with E-state index in [1.165, 1.54) is 18.4 Å². The molecule has 19 heavy (non-hydrogen) atoms. The van der Waals surface area contributed by atoms with Crippen molar-refractivity contribution >= 4 is 5.69 Å². The number of hydrogen-bond donors (Lipinski definition) is 2. The molecule has 0 amide bonds. The smallest absolute Gasteiger partial charge is 0.117 e. The predicted molar refractivity (Wildman–Crippen MR) is 76.9 cm³/mol. The average Bonchev–Trinajstić information content (AvgIpc) is 3.07. The van der Waals surface area contributed by atoms with Crippen LogP contribution in [0.5, 0.6) is 0 Å². The minimum Gasteiger partial charge on any atom is -0.465 e. The summed E-state index contributed by atoms with van der Waals surface area (Å²) in [7, 11) is 0. The van der Waals surface area contributed by atoms with Gasteiger partial charge < -0.3 is 15.5 Å². The van der Waals surface area contributed by atoms with Crippen LogP contribution in [0.2, 0.25) is 0 Å². The van der Waals surface area contributed by atoms with Gasteiger partial charge in [0.2, 0.25) is 0 Å². The fourth-order valence-corrected chi connectivity index (χ4v) is 2.56. The van der Waals surface area contributed by atoms with Crippen LogP contribution in [-0.2, 0) is 12.0 Å². The van der Waals surface area contributed by atoms with Gasteiger partial charge in [0.05, 0.1) is 6.54 Å². The van der Waals surface area contributed by atoms with Crippen LogP contribution in [0, 0.1) is 6.92 Å². The SMILES string of the molecule is Cc1ccc(CNCC2(c3ccc(N)cc3)CC2)o1. The van der Waals surface area contributed by atoms with Gasteiger partial charge in [-0.05, 0) is 49.6 Å². The summed E-state index contributed by atoms with van der Waals surface area (Å²) in [5.74, 6) is 1.97. The summed E-state index contributed by atoms with van der Waals surface area (Å²) in [5.41, 5.74) is 8.28. The Labute approximate surface area is 113 Å². The van der Waals surface area contributed by atoms with Gasteiger partial charge in [-0.25, -0.2) is 0 Å². The van der Waals surface area contributed by atoms with Crippen LogP contribution < -0.4 is 11.1 Å². The van der Waals surface area contributed by atoms with Crippen molar-refractivity contribution in [1.82, 2.24) is 5.32 Å². The first kappa shape index (κ1) is 12.3. The molecule has 2 aromatic rings. The predicted octanol–water partition coefficient (Wildman–Crippen LogP) is 2.99. The van der Waals surface area contributed by atoms with Crippen LogP contribution in [0.1, 0.15) is 29.9 Å². The molecular weight excluding hydrogens is 236 g/mol. The first-order valence-electron chi connectivity index (χ1n) is 6.80. The number of benzene rings is 1. The van der Waals surface area contributed by atoms with Crippen molar-refractivity contribution in [2.45, 2.75) is 31.7 Å². The van der Waals surface area contributed by atoms with Gasteiger partial charge in [-0.15, -0.1) is 0 Å². The molecule has 100 valence electrons. The third-order valence-corrected chi connectivity index (χ3v) is 3.94. The molecule has 0 radical (unpaired) electrons. The highest BCUT2D eigenvalue weighted by molar-refractivity contribution is 5.43. The molecule has 0 saturated heterocycles. The number of nitrogen functional groups attached to an aromatic ring is 1. The Kier molecular flexibility index (Phi) is 3.07. The molecule has 1 aromatic heterocycles. The van der Waals surface area contributed by atoms with E-state index in [1.807, 2.05) is 31.2 Å². The van der Waals surface area contributed by atoms with Gasteiger partial charge in [-0.1, -0.05) is 12.1 Å². The highest BCUT2D eigenvalue weighted by atomic mass is 16.3. The van der Waals surface area contributed by atoms with E-state index in [2.05, 4.69) is 17.4 Å². The zero-order valence-corrected chi connectivity index (χ0v) is 11.3. The molecule has 1 fully saturated rings. The second-order valence-corrected chi connectivity index (χ2v) is 5.52. The number of furan rings is 1. The van der Waals surface area contributed by atoms with Crippen LogP contribution in [0.4, 0.5) is 5.69 Å². The van der Waals surface area contributed by atoms with Crippen molar-refractivity contribution in [1.29, 1.82) is 0 Å². The second kappa shape index (κ2) is 4.74. The van der Waals surface area contributed by atoms with E-state index in [0.717, 1.165) is 30.3 Å². The van der Waals surface area contributed by atoms with Crippen molar-refractivity contribution in [3.63, 3.8) is 0 Å². The highest BCUT2D eigenvalue weighted by Crippen LogP contribution is 2.47. The van der Waals surface area contributed by atoms with Crippen LogP contribution in [-0.4, -0.2) is 6.54 Å². The molecule has 1 heterocycles. The Hall–Kier alpha value is -1.74. The van der Waals surface area contributed by atoms with Gasteiger partial charge in [0.15, 0.2) is 0 Å². The van der Waals surface area contributed by atoms with Crippen LogP contribution in [0.25, 0.3) is 0 Å². The summed E-state index contributed by atoms with van der Waals surface area (Å²) in [6, 6.07) is 12.3. The van der Waals surface area contributed by atoms with E-state index >= 15 is 0 Å². The molecule has 1 aliphatic rings. The standard InChI is InChI=1S/C16H20N2O/c1-12-2-7-15(19-12)10-18-11-16(8-9-16)13-3-5-14(17)6-4-13/h2-7,18H,8-11,17H2,1H3. The van der Waals surface area contributed by atoms with Crippen molar-refractivity contribution < 1.29 is 4.42 Å². The van der Waals surface area contributed by atoms with Crippen molar-refractivity contribution in [3.05, 3.63) is 53.5 Å². The van der Waals surface area contributed by atoms with E-state index in [9.17, 15) is 0 Å². The van der Waals surface area contributed by atoms with Crippen LogP contribution in [0.15, 0.2) is 40.8 Å². The number of hydrogen-bond acceptors (Lipinski definition) is 3. The first-order chi connectivity index (χ1) is 9.18. The third kappa shape index (κ3) is 2.66. The van der Waals surface area contributed by atoms with E-state index in [1.54, 1.807) is 0 Å². The molecule has 1 saturated carbocycles. The quantitative estimate of drug-likeness (QED) is 0.809. The maximum absolute atomic E-state index is 5.74. The monoisotopic (exact) mass is 256 g/mol. The molecule has 0 unspecified atom stereocenters. The summed E-state index contributed by atoms with van der Waals surface area (Å²) in [4.78, 5) is 0. The molecule has 1 aromatic carbocycles. The molecule has 0 spiro atoms. The maximum atomic E-state index is 5.74. The van der Waals surface area contributed by atoms with Crippen molar-refractivity contribution in [2.75, 3.05) is 12.3 Å². The molecule has 3 nitrogen and oxygen atoms in total. The molecule has 3 rings (SSSR count). The van der Waals surface area contributed by atoms with Gasteiger partial charge in [0.25, 0.3) is 0 Å². The zero-order chi connectivity index (χ0) is 13.3. The number of nitrogens with one attached hydrogen (secondary N) is 1. The first-order valence-corrected chi connectivity index (χ1v) is 6.80. The van der Waals surface area contributed by atoms with Crippen molar-refractivity contribution in [3.8, 4) is 0 Å². The Morgan fingerprint density at radius 2 is 1.89 bits per heavy atom. The topological polar surface area (TPSA) is 51.2 Å². The fraction of sp³-hybridized carbons (Fsp3) is 0.375. The van der Waals surface area contributed by atoms with Crippen LogP contribution >= 0.6 is 0 Å². The van der Waals surface area contributed by atoms with Gasteiger partial charge in [-0.3, -0.25) is 0 Å². The molecule has 3 heteroatoms. The number of aryl methyl sites for hydroxylation is 1. The molecule has 0 bridgehead atoms. The maximum Gasteiger partial charge on any atom is 0.117 e. The summed E-state index contributed by atoms with van der Waals surface area (Å²) in [6.07, 6.45) is 2.50. The lowest BCUT2D eigenvalue weighted by molar-refractivity contribution is 0.452. The summed E-state index contributed by atoms with van der Waals surface area (Å²) >= 11 is 0. The lowest BCUT2D eigenvalue weighted by atomic mass is 9.96. The summed E-state index contributed by atoms with van der Waals surface area (Å²) in [5, 5.41) is 3.51. The highest BCUT2D eigenvalue weighted by Gasteiger charge is 2.43. The Morgan fingerprint density at radius 3 is 2.47 bits per heavy atom. The van der Waals surface area contributed by atoms with E-state index in [0.29, 0.717) is 5.41 Å². The fourth-order valence-electron chi connectivity index (χ4n) is 2.56. The number of anilines is 1. The van der Waals surface area contributed by atoms with Crippen molar-refractivity contribution in [2.24, 2.45) is 0 Å². The number of rotatable bonds is 5. The van der Waals surface area contributed by atoms with Crippen LogP contribution in [0.3, 0.4) is 0 Å². The second-order valence-electron chi connectivity index (χ2n) is 5.52. The van der Waals surface area contributed by atoms with E-state index < -0.39 is 0 Å². The van der Waals surface area contributed by atoms with E-state index in [4.69, 9.17) is 10.2 Å². The molecule has 3 N–H and O–H groups in total. The zero-order valence-electron chi connectivity index (χ0n) is 11.3. The lowest BCUT2D eigenvalue weighted by Crippen LogP contribution is -2.26. The molecular formula is C16H20N2O. The Bertz CT molecular complexity index is 552. The Balaban J connectivity index is 1.59. The van der Waals surface area contributed by atoms with Gasteiger partial charge in [0, 0.05) is 17.6 Å².